The molecule has 3 heterocycles. The van der Waals surface area contributed by atoms with Gasteiger partial charge in [-0.05, 0) is 43.5 Å². The number of hydrogen-bond donors (Lipinski definition) is 5. The van der Waals surface area contributed by atoms with Gasteiger partial charge in [-0.1, -0.05) is 12.1 Å². The van der Waals surface area contributed by atoms with E-state index in [0.717, 1.165) is 19.3 Å². The summed E-state index contributed by atoms with van der Waals surface area (Å²) in [6.07, 6.45) is 3.92. The summed E-state index contributed by atoms with van der Waals surface area (Å²) in [5, 5.41) is 18.0. The number of ether oxygens (including phenoxy) is 5. The maximum Gasteiger partial charge on any atom is 0.231 e. The minimum Gasteiger partial charge on any atom is -0.487 e. The summed E-state index contributed by atoms with van der Waals surface area (Å²) in [4.78, 5) is 9.40. The number of nitrogens with one attached hydrogen (secondary N) is 4. The van der Waals surface area contributed by atoms with Crippen molar-refractivity contribution < 1.29 is 23.7 Å². The zero-order chi connectivity index (χ0) is 27.6. The maximum atomic E-state index is 8.13. The van der Waals surface area contributed by atoms with Crippen LogP contribution in [-0.2, 0) is 14.2 Å². The third-order valence-electron chi connectivity index (χ3n) is 6.32. The van der Waals surface area contributed by atoms with Crippen LogP contribution in [0.1, 0.15) is 24.8 Å². The minimum atomic E-state index is -0.209. The summed E-state index contributed by atoms with van der Waals surface area (Å²) in [5.74, 6) is 2.38. The van der Waals surface area contributed by atoms with Crippen molar-refractivity contribution in [3.8, 4) is 11.5 Å². The lowest BCUT2D eigenvalue weighted by atomic mass is 10.2. The first kappa shape index (κ1) is 27.4. The Balaban J connectivity index is 1.44. The van der Waals surface area contributed by atoms with E-state index in [2.05, 4.69) is 16.0 Å². The molecule has 0 aliphatic carbocycles. The highest BCUT2D eigenvalue weighted by molar-refractivity contribution is 5.93. The van der Waals surface area contributed by atoms with Gasteiger partial charge in [0.05, 0.1) is 43.4 Å². The lowest BCUT2D eigenvalue weighted by Gasteiger charge is -2.25. The van der Waals surface area contributed by atoms with Crippen LogP contribution in [0.15, 0.2) is 42.5 Å². The van der Waals surface area contributed by atoms with Crippen LogP contribution in [-0.4, -0.2) is 68.7 Å². The summed E-state index contributed by atoms with van der Waals surface area (Å²) in [6.45, 7) is 3.36. The van der Waals surface area contributed by atoms with Gasteiger partial charge in [-0.25, -0.2) is 0 Å². The number of nitrogen functional groups attached to an aromatic ring is 1. The Hall–Kier alpha value is -4.13. The molecule has 1 unspecified atom stereocenters. The largest absolute Gasteiger partial charge is 0.487 e. The number of anilines is 6. The first-order valence-electron chi connectivity index (χ1n) is 13.4. The lowest BCUT2D eigenvalue weighted by molar-refractivity contribution is 0.0223. The van der Waals surface area contributed by atoms with Gasteiger partial charge >= 0.3 is 0 Å². The zero-order valence-corrected chi connectivity index (χ0v) is 22.3. The molecule has 5 rings (SSSR count). The van der Waals surface area contributed by atoms with Crippen molar-refractivity contribution in [3.63, 3.8) is 0 Å². The number of hydrogen-bond acceptors (Lipinski definition) is 12. The average molecular weight is 550 g/mol. The van der Waals surface area contributed by atoms with Gasteiger partial charge in [-0.2, -0.15) is 9.97 Å². The fraction of sp³-hybridized carbons (Fsp3) is 0.393. The molecule has 212 valence electrons. The van der Waals surface area contributed by atoms with E-state index in [0.29, 0.717) is 98.0 Å². The molecule has 1 saturated heterocycles. The molecule has 40 heavy (non-hydrogen) atoms. The fourth-order valence-electron chi connectivity index (χ4n) is 4.30. The van der Waals surface area contributed by atoms with Crippen LogP contribution in [0.2, 0.25) is 0 Å². The van der Waals surface area contributed by atoms with Crippen molar-refractivity contribution in [2.75, 3.05) is 67.9 Å². The monoisotopic (exact) mass is 549 g/mol. The SMILES string of the molecule is N=Cc1c(Nc2ccccc2N)nc(Nc2ccc3c(c2)OCCOCCOCCO3)nc1NC1CCCCO1. The van der Waals surface area contributed by atoms with E-state index < -0.39 is 0 Å². The Morgan fingerprint density at radius 2 is 1.57 bits per heavy atom. The molecule has 1 fully saturated rings. The van der Waals surface area contributed by atoms with Crippen LogP contribution in [0.4, 0.5) is 34.6 Å². The Kier molecular flexibility index (Phi) is 9.46. The molecule has 12 heteroatoms. The molecule has 2 aromatic carbocycles. The number of aromatic nitrogens is 2. The molecular weight excluding hydrogens is 514 g/mol. The van der Waals surface area contributed by atoms with E-state index >= 15 is 0 Å². The van der Waals surface area contributed by atoms with Gasteiger partial charge in [-0.3, -0.25) is 0 Å². The molecular formula is C28H35N7O5. The van der Waals surface area contributed by atoms with Crippen molar-refractivity contribution in [3.05, 3.63) is 48.0 Å². The van der Waals surface area contributed by atoms with Crippen LogP contribution in [0.5, 0.6) is 11.5 Å². The topological polar surface area (TPSA) is 158 Å². The van der Waals surface area contributed by atoms with Gasteiger partial charge < -0.3 is 50.8 Å². The summed E-state index contributed by atoms with van der Waals surface area (Å²) in [6, 6.07) is 12.9. The number of nitrogens with two attached hydrogens (primary N) is 1. The summed E-state index contributed by atoms with van der Waals surface area (Å²) >= 11 is 0. The van der Waals surface area contributed by atoms with Gasteiger partial charge in [0.25, 0.3) is 0 Å². The summed E-state index contributed by atoms with van der Waals surface area (Å²) in [7, 11) is 0. The highest BCUT2D eigenvalue weighted by Crippen LogP contribution is 2.33. The quantitative estimate of drug-likeness (QED) is 0.211. The lowest BCUT2D eigenvalue weighted by Crippen LogP contribution is -2.28. The van der Waals surface area contributed by atoms with Gasteiger partial charge in [0.1, 0.15) is 31.1 Å². The molecule has 0 saturated carbocycles. The summed E-state index contributed by atoms with van der Waals surface area (Å²) < 4.78 is 28.8. The zero-order valence-electron chi connectivity index (χ0n) is 22.3. The molecule has 1 aromatic heterocycles. The maximum absolute atomic E-state index is 8.13. The second-order valence-corrected chi connectivity index (χ2v) is 9.22. The van der Waals surface area contributed by atoms with Gasteiger partial charge in [-0.15, -0.1) is 0 Å². The normalized spacial score (nSPS) is 18.1. The van der Waals surface area contributed by atoms with E-state index in [1.165, 1.54) is 6.21 Å². The third-order valence-corrected chi connectivity index (χ3v) is 6.32. The second kappa shape index (κ2) is 13.8. The molecule has 0 bridgehead atoms. The van der Waals surface area contributed by atoms with E-state index in [1.54, 1.807) is 6.07 Å². The highest BCUT2D eigenvalue weighted by atomic mass is 16.6. The Labute approximate surface area is 233 Å². The Morgan fingerprint density at radius 3 is 2.33 bits per heavy atom. The highest BCUT2D eigenvalue weighted by Gasteiger charge is 2.20. The van der Waals surface area contributed by atoms with E-state index in [9.17, 15) is 0 Å². The molecule has 0 amide bonds. The number of benzene rings is 2. The van der Waals surface area contributed by atoms with Gasteiger partial charge in [0.15, 0.2) is 11.5 Å². The number of fused-ring (bicyclic) bond motifs is 1. The van der Waals surface area contributed by atoms with E-state index in [4.69, 9.17) is 44.8 Å². The Morgan fingerprint density at radius 1 is 0.825 bits per heavy atom. The van der Waals surface area contributed by atoms with Crippen LogP contribution < -0.4 is 31.2 Å². The van der Waals surface area contributed by atoms with Gasteiger partial charge in [0, 0.05) is 24.6 Å². The predicted octanol–water partition coefficient (Wildman–Crippen LogP) is 4.29. The van der Waals surface area contributed by atoms with Crippen molar-refractivity contribution >= 4 is 40.9 Å². The first-order chi connectivity index (χ1) is 19.7. The van der Waals surface area contributed by atoms with Crippen LogP contribution in [0.25, 0.3) is 0 Å². The smallest absolute Gasteiger partial charge is 0.231 e. The third kappa shape index (κ3) is 7.29. The predicted molar refractivity (Wildman–Crippen MR) is 154 cm³/mol. The molecule has 1 atom stereocenters. The molecule has 12 nitrogen and oxygen atoms in total. The van der Waals surface area contributed by atoms with E-state index in [1.807, 2.05) is 36.4 Å². The number of para-hydroxylation sites is 2. The van der Waals surface area contributed by atoms with Crippen molar-refractivity contribution in [2.24, 2.45) is 0 Å². The number of rotatable bonds is 7. The van der Waals surface area contributed by atoms with Crippen molar-refractivity contribution in [1.82, 2.24) is 9.97 Å². The molecule has 2 aliphatic rings. The van der Waals surface area contributed by atoms with Crippen LogP contribution >= 0.6 is 0 Å². The van der Waals surface area contributed by atoms with Crippen LogP contribution in [0, 0.1) is 5.41 Å². The molecule has 0 spiro atoms. The van der Waals surface area contributed by atoms with Crippen molar-refractivity contribution in [1.29, 1.82) is 5.41 Å². The molecule has 2 aliphatic heterocycles. The second-order valence-electron chi connectivity index (χ2n) is 9.22. The standard InChI is InChI=1S/C28H35N7O5/c29-18-20-26(32-22-6-2-1-5-21(22)30)34-28(35-27(20)33-25-7-3-4-10-40-25)31-19-8-9-23-24(17-19)39-16-14-37-12-11-36-13-15-38-23/h1-2,5-6,8-9,17-18,25,29H,3-4,7,10-16,30H2,(H3,31,32,33,34,35). The van der Waals surface area contributed by atoms with Gasteiger partial charge in [0.2, 0.25) is 5.95 Å². The van der Waals surface area contributed by atoms with Crippen LogP contribution in [0.3, 0.4) is 0 Å². The first-order valence-corrected chi connectivity index (χ1v) is 13.4. The minimum absolute atomic E-state index is 0.209. The van der Waals surface area contributed by atoms with Crippen molar-refractivity contribution in [2.45, 2.75) is 25.5 Å². The summed E-state index contributed by atoms with van der Waals surface area (Å²) in [5.41, 5.74) is 8.59. The Bertz CT molecular complexity index is 1290. The molecule has 6 N–H and O–H groups in total. The van der Waals surface area contributed by atoms with E-state index in [-0.39, 0.29) is 6.23 Å². The average Bonchev–Trinajstić information content (AvgIpc) is 2.96. The molecule has 3 aromatic rings. The molecule has 0 radical (unpaired) electrons. The fourth-order valence-corrected chi connectivity index (χ4v) is 4.30. The number of nitrogens with zero attached hydrogens (tertiary/aromatic N) is 2.